The Balaban J connectivity index is 1.66. The highest BCUT2D eigenvalue weighted by Gasteiger charge is 2.21. The monoisotopic (exact) mass is 594 g/mol. The van der Waals surface area contributed by atoms with E-state index in [4.69, 9.17) is 0 Å². The molecule has 3 aromatic heterocycles. The largest absolute Gasteiger partial charge is 0.320 e. The van der Waals surface area contributed by atoms with Crippen molar-refractivity contribution in [3.8, 4) is 17.2 Å². The predicted molar refractivity (Wildman–Crippen MR) is 169 cm³/mol. The Morgan fingerprint density at radius 2 is 1.82 bits per heavy atom. The highest BCUT2D eigenvalue weighted by atomic mass is 19.1. The number of fused-ring (bicyclic) bond motifs is 1. The van der Waals surface area contributed by atoms with Crippen LogP contribution in [0.5, 0.6) is 0 Å². The van der Waals surface area contributed by atoms with Gasteiger partial charge in [-0.05, 0) is 56.5 Å². The Kier molecular flexibility index (Phi) is 8.53. The first-order chi connectivity index (χ1) is 21.0. The van der Waals surface area contributed by atoms with E-state index >= 15 is 0 Å². The number of nitrogens with zero attached hydrogens (tertiary/aromatic N) is 5. The summed E-state index contributed by atoms with van der Waals surface area (Å²) in [6.45, 7) is 11.0. The highest BCUT2D eigenvalue weighted by molar-refractivity contribution is 5.98. The molecule has 1 atom stereocenters. The van der Waals surface area contributed by atoms with Crippen molar-refractivity contribution in [2.24, 2.45) is 5.92 Å². The van der Waals surface area contributed by atoms with Gasteiger partial charge in [0.15, 0.2) is 5.78 Å². The molecule has 0 radical (unpaired) electrons. The first kappa shape index (κ1) is 30.5. The molecule has 226 valence electrons. The van der Waals surface area contributed by atoms with Crippen molar-refractivity contribution < 1.29 is 14.0 Å². The fourth-order valence-corrected chi connectivity index (χ4v) is 5.29. The summed E-state index contributed by atoms with van der Waals surface area (Å²) in [5, 5.41) is 3.51. The number of Topliss-reactive ketones (excluding diaryl/α,β-unsaturated/α-hetero) is 1. The zero-order chi connectivity index (χ0) is 31.7. The maximum atomic E-state index is 14.0. The minimum Gasteiger partial charge on any atom is -0.320 e. The third-order valence-corrected chi connectivity index (χ3v) is 7.97. The Bertz CT molecular complexity index is 1980. The second-order valence-electron chi connectivity index (χ2n) is 11.0. The van der Waals surface area contributed by atoms with Gasteiger partial charge in [-0.1, -0.05) is 39.0 Å². The van der Waals surface area contributed by atoms with Crippen LogP contribution in [-0.4, -0.2) is 35.8 Å². The molecule has 0 unspecified atom stereocenters. The number of carbonyl (C=O) groups excluding carboxylic acids is 2. The quantitative estimate of drug-likeness (QED) is 0.200. The predicted octanol–water partition coefficient (Wildman–Crippen LogP) is 6.33. The molecule has 9 nitrogen and oxygen atoms in total. The van der Waals surface area contributed by atoms with Crippen molar-refractivity contribution in [2.75, 3.05) is 5.32 Å². The van der Waals surface area contributed by atoms with E-state index in [9.17, 15) is 18.8 Å². The molecule has 0 saturated heterocycles. The molecule has 3 heterocycles. The Hall–Kier alpha value is -4.99. The van der Waals surface area contributed by atoms with E-state index in [1.165, 1.54) is 22.9 Å². The van der Waals surface area contributed by atoms with Gasteiger partial charge in [0.2, 0.25) is 5.91 Å². The van der Waals surface area contributed by atoms with Crippen molar-refractivity contribution in [1.29, 1.82) is 0 Å². The number of aryl methyl sites for hydroxylation is 2. The molecule has 1 N–H and O–H groups in total. The molecular weight excluding hydrogens is 559 g/mol. The fourth-order valence-electron chi connectivity index (χ4n) is 5.29. The number of nitrogens with one attached hydrogen (secondary N) is 1. The Morgan fingerprint density at radius 1 is 1.05 bits per heavy atom. The third-order valence-electron chi connectivity index (χ3n) is 7.97. The molecule has 0 aliphatic heterocycles. The Labute approximate surface area is 254 Å². The van der Waals surface area contributed by atoms with Crippen LogP contribution in [-0.2, 0) is 11.3 Å². The first-order valence-corrected chi connectivity index (χ1v) is 14.7. The summed E-state index contributed by atoms with van der Waals surface area (Å²) in [7, 11) is 0. The minimum atomic E-state index is -0.450. The van der Waals surface area contributed by atoms with Crippen LogP contribution in [0.2, 0.25) is 0 Å². The summed E-state index contributed by atoms with van der Waals surface area (Å²) in [5.74, 6) is 0.488. The number of anilines is 1. The van der Waals surface area contributed by atoms with Gasteiger partial charge in [0, 0.05) is 41.1 Å². The van der Waals surface area contributed by atoms with Crippen LogP contribution in [0.3, 0.4) is 0 Å². The minimum absolute atomic E-state index is 0.0131. The average Bonchev–Trinajstić information content (AvgIpc) is 3.33. The summed E-state index contributed by atoms with van der Waals surface area (Å²) < 4.78 is 17.3. The number of hydrogen-bond donors (Lipinski definition) is 1. The lowest BCUT2D eigenvalue weighted by molar-refractivity contribution is -0.119. The van der Waals surface area contributed by atoms with E-state index in [0.29, 0.717) is 52.7 Å². The van der Waals surface area contributed by atoms with Gasteiger partial charge >= 0.3 is 0 Å². The Morgan fingerprint density at radius 3 is 2.55 bits per heavy atom. The van der Waals surface area contributed by atoms with Gasteiger partial charge < -0.3 is 9.88 Å². The molecular formula is C34H35FN6O3. The van der Waals surface area contributed by atoms with E-state index in [0.717, 1.165) is 16.5 Å². The van der Waals surface area contributed by atoms with Crippen molar-refractivity contribution in [3.63, 3.8) is 0 Å². The second kappa shape index (κ2) is 12.3. The van der Waals surface area contributed by atoms with E-state index in [1.54, 1.807) is 45.0 Å². The molecule has 5 aromatic rings. The molecule has 0 fully saturated rings. The van der Waals surface area contributed by atoms with Crippen LogP contribution < -0.4 is 10.9 Å². The van der Waals surface area contributed by atoms with Crippen LogP contribution in [0.4, 0.5) is 10.1 Å². The van der Waals surface area contributed by atoms with Gasteiger partial charge in [0.05, 0.1) is 24.0 Å². The van der Waals surface area contributed by atoms with Crippen molar-refractivity contribution in [2.45, 2.75) is 60.9 Å². The van der Waals surface area contributed by atoms with Crippen LogP contribution in [0.15, 0.2) is 59.7 Å². The summed E-state index contributed by atoms with van der Waals surface area (Å²) in [4.78, 5) is 53.3. The molecule has 2 aromatic carbocycles. The van der Waals surface area contributed by atoms with Crippen LogP contribution in [0.1, 0.15) is 66.6 Å². The standard InChI is InChI=1S/C34H35FN6O3/c1-7-19(3)33(43)39-28-16-36-32(26-11-9-10-25(21(26)5)30(42)8-2)41(34(28)44)18-24-15-31(38-22(6)37-24)40-17-20(4)27-14-23(35)12-13-29(27)40/h9-17,19H,7-8,18H2,1-6H3,(H,39,43)/t19-/m1/s1. The lowest BCUT2D eigenvalue weighted by atomic mass is 9.97. The number of benzene rings is 2. The number of ketones is 1. The lowest BCUT2D eigenvalue weighted by Crippen LogP contribution is -2.30. The van der Waals surface area contributed by atoms with E-state index in [-0.39, 0.29) is 35.7 Å². The van der Waals surface area contributed by atoms with Gasteiger partial charge in [0.25, 0.3) is 5.56 Å². The number of aromatic nitrogens is 5. The number of halogens is 1. The molecule has 10 heteroatoms. The van der Waals surface area contributed by atoms with Crippen LogP contribution >= 0.6 is 0 Å². The number of hydrogen-bond acceptors (Lipinski definition) is 6. The SMILES string of the molecule is CCC(=O)c1cccc(-c2ncc(NC(=O)[C@H](C)CC)c(=O)n2Cc2cc(-n3cc(C)c4cc(F)ccc43)nc(C)n2)c1C. The fraction of sp³-hybridized carbons (Fsp3) is 0.294. The maximum Gasteiger partial charge on any atom is 0.277 e. The van der Waals surface area contributed by atoms with E-state index in [1.807, 2.05) is 37.6 Å². The molecule has 5 rings (SSSR count). The normalized spacial score (nSPS) is 12.0. The molecule has 0 aliphatic rings. The highest BCUT2D eigenvalue weighted by Crippen LogP contribution is 2.27. The van der Waals surface area contributed by atoms with Gasteiger partial charge in [0.1, 0.15) is 29.0 Å². The first-order valence-electron chi connectivity index (χ1n) is 14.7. The molecule has 0 saturated carbocycles. The summed E-state index contributed by atoms with van der Waals surface area (Å²) in [5.41, 5.74) is 3.71. The number of amides is 1. The number of carbonyl (C=O) groups is 2. The topological polar surface area (TPSA) is 112 Å². The number of rotatable bonds is 9. The molecule has 0 aliphatic carbocycles. The van der Waals surface area contributed by atoms with Gasteiger partial charge in [-0.3, -0.25) is 19.0 Å². The van der Waals surface area contributed by atoms with Crippen molar-refractivity contribution in [1.82, 2.24) is 24.1 Å². The van der Waals surface area contributed by atoms with Crippen molar-refractivity contribution in [3.05, 3.63) is 99.2 Å². The smallest absolute Gasteiger partial charge is 0.277 e. The van der Waals surface area contributed by atoms with E-state index < -0.39 is 5.56 Å². The second-order valence-corrected chi connectivity index (χ2v) is 11.0. The summed E-state index contributed by atoms with van der Waals surface area (Å²) in [6, 6.07) is 11.7. The van der Waals surface area contributed by atoms with Crippen LogP contribution in [0.25, 0.3) is 28.1 Å². The zero-order valence-corrected chi connectivity index (χ0v) is 25.7. The maximum absolute atomic E-state index is 14.0. The molecule has 1 amide bonds. The summed E-state index contributed by atoms with van der Waals surface area (Å²) >= 11 is 0. The molecule has 44 heavy (non-hydrogen) atoms. The van der Waals surface area contributed by atoms with Gasteiger partial charge in [-0.25, -0.2) is 19.3 Å². The van der Waals surface area contributed by atoms with Crippen LogP contribution in [0, 0.1) is 32.5 Å². The lowest BCUT2D eigenvalue weighted by Gasteiger charge is -2.18. The van der Waals surface area contributed by atoms with Crippen molar-refractivity contribution >= 4 is 28.3 Å². The third kappa shape index (κ3) is 5.79. The average molecular weight is 595 g/mol. The van der Waals surface area contributed by atoms with Gasteiger partial charge in [-0.15, -0.1) is 0 Å². The molecule has 0 bridgehead atoms. The summed E-state index contributed by atoms with van der Waals surface area (Å²) in [6.07, 6.45) is 4.21. The molecule has 0 spiro atoms. The zero-order valence-electron chi connectivity index (χ0n) is 25.7. The van der Waals surface area contributed by atoms with E-state index in [2.05, 4.69) is 20.3 Å². The van der Waals surface area contributed by atoms with Gasteiger partial charge in [-0.2, -0.15) is 0 Å².